The van der Waals surface area contributed by atoms with Crippen molar-refractivity contribution in [3.8, 4) is 0 Å². The van der Waals surface area contributed by atoms with Crippen molar-refractivity contribution in [3.05, 3.63) is 48.6 Å². The monoisotopic (exact) mass is 244 g/mol. The predicted molar refractivity (Wildman–Crippen MR) is 66.7 cm³/mol. The van der Waals surface area contributed by atoms with E-state index in [1.165, 1.54) is 0 Å². The van der Waals surface area contributed by atoms with E-state index in [9.17, 15) is 4.79 Å². The molecule has 1 aromatic heterocycles. The maximum absolute atomic E-state index is 11.9. The Morgan fingerprint density at radius 3 is 2.61 bits per heavy atom. The molecule has 5 radical (unpaired) electrons. The molecule has 5 heteroatoms. The van der Waals surface area contributed by atoms with Gasteiger partial charge in [0.05, 0.1) is 18.0 Å². The van der Waals surface area contributed by atoms with Gasteiger partial charge in [0.15, 0.2) is 0 Å². The van der Waals surface area contributed by atoms with Crippen LogP contribution in [0.25, 0.3) is 0 Å². The Kier molecular flexibility index (Phi) is 3.79. The molecule has 0 aromatic carbocycles. The number of anilines is 1. The number of hydrogen-bond donors (Lipinski definition) is 1. The molecule has 1 saturated carbocycles. The number of nitrogen functional groups attached to an aromatic ring is 1. The largest absolute Gasteiger partial charge is 0.462 e. The van der Waals surface area contributed by atoms with Crippen molar-refractivity contribution >= 4 is 11.9 Å². The van der Waals surface area contributed by atoms with E-state index in [0.717, 1.165) is 5.92 Å². The van der Waals surface area contributed by atoms with Crippen LogP contribution in [-0.2, 0) is 4.74 Å². The van der Waals surface area contributed by atoms with Crippen molar-refractivity contribution in [2.75, 3.05) is 12.3 Å². The van der Waals surface area contributed by atoms with E-state index in [2.05, 4.69) is 9.97 Å². The van der Waals surface area contributed by atoms with Gasteiger partial charge in [-0.3, -0.25) is 0 Å². The summed E-state index contributed by atoms with van der Waals surface area (Å²) in [6.07, 6.45) is 7.48. The second kappa shape index (κ2) is 5.33. The normalized spacial score (nSPS) is 15.9. The summed E-state index contributed by atoms with van der Waals surface area (Å²) in [5, 5.41) is 0. The summed E-state index contributed by atoms with van der Waals surface area (Å²) < 4.78 is 5.03. The molecule has 0 unspecified atom stereocenters. The van der Waals surface area contributed by atoms with Gasteiger partial charge in [0.2, 0.25) is 5.95 Å². The summed E-state index contributed by atoms with van der Waals surface area (Å²) in [5.74, 6) is 0.554. The summed E-state index contributed by atoms with van der Waals surface area (Å²) in [6.45, 7) is 3.79. The number of carbonyl (C=O) groups is 1. The van der Waals surface area contributed by atoms with Gasteiger partial charge < -0.3 is 10.5 Å². The molecule has 2 rings (SSSR count). The molecule has 1 aromatic rings. The van der Waals surface area contributed by atoms with Crippen LogP contribution in [-0.4, -0.2) is 22.5 Å². The van der Waals surface area contributed by atoms with Gasteiger partial charge in [-0.15, -0.1) is 0 Å². The lowest BCUT2D eigenvalue weighted by Gasteiger charge is -2.14. The first-order valence-corrected chi connectivity index (χ1v) is 5.66. The molecule has 5 nitrogen and oxygen atoms in total. The molecule has 0 spiro atoms. The fraction of sp³-hybridized carbons (Fsp3) is 0.231. The number of aromatic nitrogens is 2. The van der Waals surface area contributed by atoms with Crippen LogP contribution in [0.3, 0.4) is 0 Å². The molecular weight excluding hydrogens is 230 g/mol. The zero-order valence-electron chi connectivity index (χ0n) is 10.3. The van der Waals surface area contributed by atoms with E-state index in [4.69, 9.17) is 10.5 Å². The van der Waals surface area contributed by atoms with Crippen LogP contribution in [0.5, 0.6) is 0 Å². The first kappa shape index (κ1) is 12.8. The summed E-state index contributed by atoms with van der Waals surface area (Å²) in [5.41, 5.74) is 7.05. The molecule has 0 amide bonds. The number of hydrogen-bond acceptors (Lipinski definition) is 5. The molecule has 1 fully saturated rings. The lowest BCUT2D eigenvalue weighted by molar-refractivity contribution is 0.0523. The topological polar surface area (TPSA) is 78.1 Å². The second-order valence-corrected chi connectivity index (χ2v) is 3.78. The van der Waals surface area contributed by atoms with Crippen LogP contribution < -0.4 is 5.73 Å². The SMILES string of the molecule is CCOC(=O)c1c(C)nc(N)nc1[C]1[CH][CH][CH][CH]1. The third kappa shape index (κ3) is 2.44. The van der Waals surface area contributed by atoms with Crippen molar-refractivity contribution in [2.24, 2.45) is 0 Å². The maximum Gasteiger partial charge on any atom is 0.341 e. The Bertz CT molecular complexity index is 454. The molecule has 1 aliphatic carbocycles. The first-order valence-electron chi connectivity index (χ1n) is 5.66. The number of esters is 1. The van der Waals surface area contributed by atoms with Gasteiger partial charge in [0.1, 0.15) is 5.56 Å². The number of carbonyl (C=O) groups excluding carboxylic acids is 1. The van der Waals surface area contributed by atoms with Gasteiger partial charge in [-0.25, -0.2) is 14.8 Å². The highest BCUT2D eigenvalue weighted by Crippen LogP contribution is 2.32. The van der Waals surface area contributed by atoms with Gasteiger partial charge in [0, 0.05) is 5.92 Å². The standard InChI is InChI=1S/C13H14N3O2/c1-3-18-12(17)10-8(2)15-13(14)16-11(10)9-6-4-5-7-9/h4-7H,3H2,1-2H3,(H2,14,15,16). The Labute approximate surface area is 107 Å². The van der Waals surface area contributed by atoms with Crippen molar-refractivity contribution in [3.63, 3.8) is 0 Å². The van der Waals surface area contributed by atoms with E-state index in [1.807, 2.05) is 25.7 Å². The van der Waals surface area contributed by atoms with Crippen LogP contribution in [0, 0.1) is 38.5 Å². The van der Waals surface area contributed by atoms with E-state index < -0.39 is 5.97 Å². The fourth-order valence-corrected chi connectivity index (χ4v) is 1.78. The van der Waals surface area contributed by atoms with Crippen molar-refractivity contribution < 1.29 is 9.53 Å². The maximum atomic E-state index is 11.9. The average Bonchev–Trinajstić information content (AvgIpc) is 2.81. The third-order valence-electron chi connectivity index (χ3n) is 2.52. The van der Waals surface area contributed by atoms with Crippen LogP contribution in [0.4, 0.5) is 5.95 Å². The van der Waals surface area contributed by atoms with E-state index >= 15 is 0 Å². The van der Waals surface area contributed by atoms with Crippen LogP contribution >= 0.6 is 0 Å². The molecule has 0 aliphatic heterocycles. The van der Waals surface area contributed by atoms with Gasteiger partial charge in [-0.05, 0) is 39.5 Å². The van der Waals surface area contributed by atoms with E-state index in [1.54, 1.807) is 13.8 Å². The molecule has 0 atom stereocenters. The molecule has 1 aliphatic rings. The Balaban J connectivity index is 2.44. The number of aryl methyl sites for hydroxylation is 1. The molecule has 0 bridgehead atoms. The molecular formula is C13H14N3O2. The van der Waals surface area contributed by atoms with Gasteiger partial charge >= 0.3 is 5.97 Å². The highest BCUT2D eigenvalue weighted by Gasteiger charge is 2.28. The van der Waals surface area contributed by atoms with E-state index in [-0.39, 0.29) is 5.95 Å². The number of nitrogens with zero attached hydrogens (tertiary/aromatic N) is 2. The molecule has 2 N–H and O–H groups in total. The zero-order valence-corrected chi connectivity index (χ0v) is 10.3. The van der Waals surface area contributed by atoms with Gasteiger partial charge in [-0.1, -0.05) is 0 Å². The van der Waals surface area contributed by atoms with Crippen LogP contribution in [0.15, 0.2) is 0 Å². The Morgan fingerprint density at radius 2 is 2.00 bits per heavy atom. The van der Waals surface area contributed by atoms with E-state index in [0.29, 0.717) is 23.6 Å². The highest BCUT2D eigenvalue weighted by atomic mass is 16.5. The smallest absolute Gasteiger partial charge is 0.341 e. The summed E-state index contributed by atoms with van der Waals surface area (Å²) >= 11 is 0. The lowest BCUT2D eigenvalue weighted by Crippen LogP contribution is -2.17. The third-order valence-corrected chi connectivity index (χ3v) is 2.52. The fourth-order valence-electron chi connectivity index (χ4n) is 1.78. The molecule has 93 valence electrons. The number of rotatable bonds is 3. The highest BCUT2D eigenvalue weighted by molar-refractivity contribution is 5.93. The minimum absolute atomic E-state index is 0.150. The Hall–Kier alpha value is -1.65. The lowest BCUT2D eigenvalue weighted by atomic mass is 9.98. The molecule has 18 heavy (non-hydrogen) atoms. The number of ether oxygens (including phenoxy) is 1. The Morgan fingerprint density at radius 1 is 1.33 bits per heavy atom. The van der Waals surface area contributed by atoms with Crippen molar-refractivity contribution in [1.82, 2.24) is 9.97 Å². The minimum atomic E-state index is -0.425. The first-order chi connectivity index (χ1) is 8.63. The average molecular weight is 244 g/mol. The summed E-state index contributed by atoms with van der Waals surface area (Å²) in [7, 11) is 0. The zero-order chi connectivity index (χ0) is 13.1. The van der Waals surface area contributed by atoms with Gasteiger partial charge in [0.25, 0.3) is 0 Å². The van der Waals surface area contributed by atoms with Crippen LogP contribution in [0.1, 0.15) is 28.7 Å². The number of nitrogens with two attached hydrogens (primary N) is 1. The van der Waals surface area contributed by atoms with Crippen molar-refractivity contribution in [2.45, 2.75) is 13.8 Å². The van der Waals surface area contributed by atoms with Crippen LogP contribution in [0.2, 0.25) is 0 Å². The predicted octanol–water partition coefficient (Wildman–Crippen LogP) is 1.30. The van der Waals surface area contributed by atoms with Crippen molar-refractivity contribution in [1.29, 1.82) is 0 Å². The minimum Gasteiger partial charge on any atom is -0.462 e. The second-order valence-electron chi connectivity index (χ2n) is 3.78. The summed E-state index contributed by atoms with van der Waals surface area (Å²) in [6, 6.07) is 0. The molecule has 0 saturated heterocycles. The van der Waals surface area contributed by atoms with Gasteiger partial charge in [-0.2, -0.15) is 0 Å². The molecule has 1 heterocycles. The summed E-state index contributed by atoms with van der Waals surface area (Å²) in [4.78, 5) is 20.1. The quantitative estimate of drug-likeness (QED) is 0.811.